The van der Waals surface area contributed by atoms with Gasteiger partial charge in [-0.05, 0) is 62.1 Å². The van der Waals surface area contributed by atoms with Crippen molar-refractivity contribution in [2.45, 2.75) is 31.8 Å². The van der Waals surface area contributed by atoms with Crippen molar-refractivity contribution in [3.05, 3.63) is 59.7 Å². The van der Waals surface area contributed by atoms with E-state index < -0.39 is 0 Å². The van der Waals surface area contributed by atoms with Crippen molar-refractivity contribution in [3.63, 3.8) is 0 Å². The van der Waals surface area contributed by atoms with Crippen LogP contribution in [-0.4, -0.2) is 24.1 Å². The normalized spacial score (nSPS) is 14.8. The molecule has 0 heterocycles. The van der Waals surface area contributed by atoms with Gasteiger partial charge in [-0.15, -0.1) is 0 Å². The second-order valence-corrected chi connectivity index (χ2v) is 6.15. The molecule has 1 aliphatic rings. The maximum atomic E-state index is 12.4. The molecular formula is C21H22O4. The molecule has 0 amide bonds. The minimum absolute atomic E-state index is 0.0124. The Morgan fingerprint density at radius 1 is 1.12 bits per heavy atom. The molecule has 0 saturated heterocycles. The number of ketones is 1. The summed E-state index contributed by atoms with van der Waals surface area (Å²) in [7, 11) is 1.45. The van der Waals surface area contributed by atoms with E-state index in [1.807, 2.05) is 24.3 Å². The smallest absolute Gasteiger partial charge is 0.185 e. The molecule has 1 N–H and O–H groups in total. The number of hydrogen-bond acceptors (Lipinski definition) is 4. The van der Waals surface area contributed by atoms with E-state index in [0.717, 1.165) is 24.2 Å². The first-order valence-corrected chi connectivity index (χ1v) is 8.52. The molecule has 4 heteroatoms. The maximum absolute atomic E-state index is 12.4. The summed E-state index contributed by atoms with van der Waals surface area (Å²) in [5, 5.41) is 9.63. The Balaban J connectivity index is 1.76. The van der Waals surface area contributed by atoms with Crippen LogP contribution in [0.5, 0.6) is 17.2 Å². The van der Waals surface area contributed by atoms with Gasteiger partial charge in [-0.2, -0.15) is 0 Å². The van der Waals surface area contributed by atoms with Gasteiger partial charge in [0.05, 0.1) is 13.2 Å². The minimum atomic E-state index is -0.158. The van der Waals surface area contributed by atoms with Crippen LogP contribution >= 0.6 is 0 Å². The van der Waals surface area contributed by atoms with E-state index in [2.05, 4.69) is 0 Å². The molecule has 0 atom stereocenters. The Hall–Kier alpha value is -2.75. The van der Waals surface area contributed by atoms with Crippen LogP contribution < -0.4 is 9.47 Å². The van der Waals surface area contributed by atoms with Crippen molar-refractivity contribution in [2.75, 3.05) is 7.11 Å². The highest BCUT2D eigenvalue weighted by molar-refractivity contribution is 6.07. The lowest BCUT2D eigenvalue weighted by atomic mass is 10.1. The van der Waals surface area contributed by atoms with Crippen molar-refractivity contribution in [1.29, 1.82) is 0 Å². The van der Waals surface area contributed by atoms with Crippen molar-refractivity contribution in [2.24, 2.45) is 0 Å². The lowest BCUT2D eigenvalue weighted by Crippen LogP contribution is -2.11. The third kappa shape index (κ3) is 4.21. The topological polar surface area (TPSA) is 55.8 Å². The zero-order valence-electron chi connectivity index (χ0n) is 14.3. The average Bonchev–Trinajstić information content (AvgIpc) is 3.14. The molecule has 0 bridgehead atoms. The van der Waals surface area contributed by atoms with E-state index in [4.69, 9.17) is 9.47 Å². The number of ether oxygens (including phenoxy) is 2. The predicted octanol–water partition coefficient (Wildman–Crippen LogP) is 4.62. The van der Waals surface area contributed by atoms with Gasteiger partial charge in [0, 0.05) is 11.1 Å². The van der Waals surface area contributed by atoms with E-state index >= 15 is 0 Å². The Morgan fingerprint density at radius 2 is 1.88 bits per heavy atom. The fourth-order valence-electron chi connectivity index (χ4n) is 3.00. The van der Waals surface area contributed by atoms with E-state index in [-0.39, 0.29) is 23.4 Å². The zero-order valence-corrected chi connectivity index (χ0v) is 14.3. The monoisotopic (exact) mass is 338 g/mol. The van der Waals surface area contributed by atoms with Crippen LogP contribution in [0.15, 0.2) is 48.5 Å². The summed E-state index contributed by atoms with van der Waals surface area (Å²) in [5.74, 6) is 0.943. The largest absolute Gasteiger partial charge is 0.504 e. The van der Waals surface area contributed by atoms with Crippen LogP contribution in [0, 0.1) is 0 Å². The van der Waals surface area contributed by atoms with E-state index in [0.29, 0.717) is 5.56 Å². The number of para-hydroxylation sites is 1. The molecule has 1 saturated carbocycles. The van der Waals surface area contributed by atoms with Crippen LogP contribution in [0.2, 0.25) is 0 Å². The average molecular weight is 338 g/mol. The standard InChI is InChI=1S/C21H22O4/c1-24-21-14-16(11-13-19(21)23)18(22)12-10-15-6-2-5-9-20(15)25-17-7-3-4-8-17/h2,5-6,9-14,17,23H,3-4,7-8H2,1H3/b12-10+. The third-order valence-electron chi connectivity index (χ3n) is 4.39. The van der Waals surface area contributed by atoms with Crippen molar-refractivity contribution >= 4 is 11.9 Å². The van der Waals surface area contributed by atoms with Crippen LogP contribution in [0.3, 0.4) is 0 Å². The molecule has 0 unspecified atom stereocenters. The number of benzene rings is 2. The highest BCUT2D eigenvalue weighted by Gasteiger charge is 2.17. The predicted molar refractivity (Wildman–Crippen MR) is 97.3 cm³/mol. The Bertz CT molecular complexity index is 773. The molecule has 0 aromatic heterocycles. The van der Waals surface area contributed by atoms with Gasteiger partial charge in [0.1, 0.15) is 5.75 Å². The second-order valence-electron chi connectivity index (χ2n) is 6.15. The quantitative estimate of drug-likeness (QED) is 0.617. The van der Waals surface area contributed by atoms with Gasteiger partial charge in [-0.25, -0.2) is 0 Å². The number of allylic oxidation sites excluding steroid dienone is 1. The van der Waals surface area contributed by atoms with Crippen LogP contribution in [-0.2, 0) is 0 Å². The molecule has 0 aliphatic heterocycles. The number of phenols is 1. The number of aromatic hydroxyl groups is 1. The van der Waals surface area contributed by atoms with E-state index in [1.54, 1.807) is 12.1 Å². The summed E-state index contributed by atoms with van der Waals surface area (Å²) >= 11 is 0. The van der Waals surface area contributed by atoms with Crippen molar-refractivity contribution in [1.82, 2.24) is 0 Å². The molecule has 1 aliphatic carbocycles. The second kappa shape index (κ2) is 7.88. The van der Waals surface area contributed by atoms with E-state index in [9.17, 15) is 9.90 Å². The summed E-state index contributed by atoms with van der Waals surface area (Å²) in [5.41, 5.74) is 1.34. The molecule has 3 rings (SSSR count). The van der Waals surface area contributed by atoms with E-state index in [1.165, 1.54) is 38.2 Å². The van der Waals surface area contributed by atoms with Gasteiger partial charge in [0.2, 0.25) is 0 Å². The molecule has 0 radical (unpaired) electrons. The first-order chi connectivity index (χ1) is 12.2. The number of hydrogen-bond donors (Lipinski definition) is 1. The summed E-state index contributed by atoms with van der Waals surface area (Å²) < 4.78 is 11.1. The van der Waals surface area contributed by atoms with Gasteiger partial charge in [0.15, 0.2) is 17.3 Å². The lowest BCUT2D eigenvalue weighted by molar-refractivity contribution is 0.104. The summed E-state index contributed by atoms with van der Waals surface area (Å²) in [4.78, 5) is 12.4. The Labute approximate surface area is 147 Å². The van der Waals surface area contributed by atoms with Gasteiger partial charge in [0.25, 0.3) is 0 Å². The molecule has 1 fully saturated rings. The maximum Gasteiger partial charge on any atom is 0.185 e. The van der Waals surface area contributed by atoms with Crippen LogP contribution in [0.25, 0.3) is 6.08 Å². The zero-order chi connectivity index (χ0) is 17.6. The SMILES string of the molecule is COc1cc(C(=O)/C=C/c2ccccc2OC2CCCC2)ccc1O. The lowest BCUT2D eigenvalue weighted by Gasteiger charge is -2.15. The number of rotatable bonds is 6. The summed E-state index contributed by atoms with van der Waals surface area (Å²) in [6.07, 6.45) is 8.16. The van der Waals surface area contributed by atoms with Crippen LogP contribution in [0.1, 0.15) is 41.6 Å². The molecule has 0 spiro atoms. The Kier molecular flexibility index (Phi) is 5.39. The molecule has 130 valence electrons. The highest BCUT2D eigenvalue weighted by Crippen LogP contribution is 2.28. The minimum Gasteiger partial charge on any atom is -0.504 e. The summed E-state index contributed by atoms with van der Waals surface area (Å²) in [6, 6.07) is 12.3. The molecule has 4 nitrogen and oxygen atoms in total. The number of carbonyl (C=O) groups is 1. The molecule has 25 heavy (non-hydrogen) atoms. The summed E-state index contributed by atoms with van der Waals surface area (Å²) in [6.45, 7) is 0. The van der Waals surface area contributed by atoms with Crippen molar-refractivity contribution in [3.8, 4) is 17.2 Å². The van der Waals surface area contributed by atoms with Gasteiger partial charge < -0.3 is 14.6 Å². The van der Waals surface area contributed by atoms with Gasteiger partial charge >= 0.3 is 0 Å². The molecule has 2 aromatic rings. The van der Waals surface area contributed by atoms with Crippen LogP contribution in [0.4, 0.5) is 0 Å². The molecular weight excluding hydrogens is 316 g/mol. The number of phenolic OH excluding ortho intramolecular Hbond substituents is 1. The van der Waals surface area contributed by atoms with Gasteiger partial charge in [-0.3, -0.25) is 4.79 Å². The number of methoxy groups -OCH3 is 1. The highest BCUT2D eigenvalue weighted by atomic mass is 16.5. The number of carbonyl (C=O) groups excluding carboxylic acids is 1. The first-order valence-electron chi connectivity index (χ1n) is 8.52. The van der Waals surface area contributed by atoms with Crippen molar-refractivity contribution < 1.29 is 19.4 Å². The first kappa shape index (κ1) is 17.1. The van der Waals surface area contributed by atoms with Gasteiger partial charge in [-0.1, -0.05) is 18.2 Å². The fraction of sp³-hybridized carbons (Fsp3) is 0.286. The fourth-order valence-corrected chi connectivity index (χ4v) is 3.00. The third-order valence-corrected chi connectivity index (χ3v) is 4.39. The molecule has 2 aromatic carbocycles. The Morgan fingerprint density at radius 3 is 2.64 bits per heavy atom.